The van der Waals surface area contributed by atoms with Crippen molar-refractivity contribution in [2.75, 3.05) is 11.4 Å². The van der Waals surface area contributed by atoms with Crippen LogP contribution in [0.3, 0.4) is 0 Å². The molecule has 0 saturated heterocycles. The van der Waals surface area contributed by atoms with E-state index < -0.39 is 0 Å². The molecule has 1 aliphatic heterocycles. The lowest BCUT2D eigenvalue weighted by Crippen LogP contribution is -2.26. The van der Waals surface area contributed by atoms with Gasteiger partial charge in [0.1, 0.15) is 23.2 Å². The summed E-state index contributed by atoms with van der Waals surface area (Å²) in [6.45, 7) is 2.39. The van der Waals surface area contributed by atoms with Crippen LogP contribution in [0.5, 0.6) is 0 Å². The highest BCUT2D eigenvalue weighted by molar-refractivity contribution is 6.30. The lowest BCUT2D eigenvalue weighted by Gasteiger charge is -2.19. The maximum absolute atomic E-state index is 13.4. The number of aromatic nitrogens is 2. The number of aliphatic hydroxyl groups is 1. The highest BCUT2D eigenvalue weighted by atomic mass is 19.1. The van der Waals surface area contributed by atoms with Crippen LogP contribution in [0.25, 0.3) is 16.6 Å². The molecule has 0 amide bonds. The van der Waals surface area contributed by atoms with Gasteiger partial charge in [-0.3, -0.25) is 5.41 Å². The van der Waals surface area contributed by atoms with Gasteiger partial charge >= 0.3 is 0 Å². The van der Waals surface area contributed by atoms with E-state index in [0.29, 0.717) is 22.4 Å². The zero-order chi connectivity index (χ0) is 19.0. The molecule has 4 rings (SSSR count). The van der Waals surface area contributed by atoms with Gasteiger partial charge in [0, 0.05) is 5.69 Å². The molecule has 0 fully saturated rings. The molecule has 3 aromatic rings. The summed E-state index contributed by atoms with van der Waals surface area (Å²) in [6, 6.07) is 12.4. The minimum atomic E-state index is -0.359. The Bertz CT molecular complexity index is 1040. The molecular weight excluding hydrogens is 343 g/mol. The summed E-state index contributed by atoms with van der Waals surface area (Å²) in [5.41, 5.74) is 3.60. The van der Waals surface area contributed by atoms with Crippen LogP contribution < -0.4 is 4.90 Å². The SMILES string of the molecule is CCCCc1ccc(N2CC(O)=C(c3nc4ccc(F)cc4[nH]3)C2=N)cc1. The number of anilines is 1. The molecule has 0 atom stereocenters. The van der Waals surface area contributed by atoms with Gasteiger partial charge in [-0.1, -0.05) is 25.5 Å². The fourth-order valence-electron chi connectivity index (χ4n) is 3.37. The number of unbranched alkanes of at least 4 members (excludes halogenated alkanes) is 1. The number of rotatable bonds is 5. The summed E-state index contributed by atoms with van der Waals surface area (Å²) in [5, 5.41) is 19.0. The van der Waals surface area contributed by atoms with Crippen molar-refractivity contribution in [3.8, 4) is 0 Å². The van der Waals surface area contributed by atoms with Gasteiger partial charge in [-0.15, -0.1) is 0 Å². The third-order valence-corrected chi connectivity index (χ3v) is 4.85. The highest BCUT2D eigenvalue weighted by Crippen LogP contribution is 2.31. The molecule has 1 aliphatic rings. The van der Waals surface area contributed by atoms with E-state index in [9.17, 15) is 9.50 Å². The van der Waals surface area contributed by atoms with Crippen molar-refractivity contribution in [3.63, 3.8) is 0 Å². The Labute approximate surface area is 156 Å². The van der Waals surface area contributed by atoms with Crippen LogP contribution in [0, 0.1) is 11.2 Å². The molecule has 2 heterocycles. The first kappa shape index (κ1) is 17.3. The average Bonchev–Trinajstić information content (AvgIpc) is 3.20. The maximum Gasteiger partial charge on any atom is 0.145 e. The second kappa shape index (κ2) is 6.87. The molecule has 6 heteroatoms. The number of hydrogen-bond acceptors (Lipinski definition) is 3. The normalized spacial score (nSPS) is 14.6. The number of halogens is 1. The molecule has 2 aromatic carbocycles. The topological polar surface area (TPSA) is 76.0 Å². The number of fused-ring (bicyclic) bond motifs is 1. The molecular formula is C21H21FN4O. The number of aryl methyl sites for hydroxylation is 1. The van der Waals surface area contributed by atoms with Crippen molar-refractivity contribution in [1.82, 2.24) is 9.97 Å². The van der Waals surface area contributed by atoms with E-state index in [1.807, 2.05) is 12.1 Å². The van der Waals surface area contributed by atoms with Gasteiger partial charge in [0.2, 0.25) is 0 Å². The largest absolute Gasteiger partial charge is 0.509 e. The minimum Gasteiger partial charge on any atom is -0.509 e. The number of benzene rings is 2. The molecule has 3 N–H and O–H groups in total. The van der Waals surface area contributed by atoms with Crippen molar-refractivity contribution in [2.24, 2.45) is 0 Å². The van der Waals surface area contributed by atoms with Crippen LogP contribution in [0.15, 0.2) is 48.2 Å². The second-order valence-electron chi connectivity index (χ2n) is 6.77. The van der Waals surface area contributed by atoms with Crippen molar-refractivity contribution >= 4 is 28.1 Å². The Morgan fingerprint density at radius 2 is 2.00 bits per heavy atom. The monoisotopic (exact) mass is 364 g/mol. The Morgan fingerprint density at radius 1 is 1.22 bits per heavy atom. The first-order valence-electron chi connectivity index (χ1n) is 9.10. The first-order chi connectivity index (χ1) is 13.1. The lowest BCUT2D eigenvalue weighted by molar-refractivity contribution is 0.411. The number of aromatic amines is 1. The number of H-pyrrole nitrogens is 1. The molecule has 0 saturated carbocycles. The average molecular weight is 364 g/mol. The minimum absolute atomic E-state index is 0.0783. The zero-order valence-electron chi connectivity index (χ0n) is 15.1. The fraction of sp³-hybridized carbons (Fsp3) is 0.238. The predicted molar refractivity (Wildman–Crippen MR) is 106 cm³/mol. The Balaban J connectivity index is 1.60. The second-order valence-corrected chi connectivity index (χ2v) is 6.77. The molecule has 1 aromatic heterocycles. The summed E-state index contributed by atoms with van der Waals surface area (Å²) >= 11 is 0. The van der Waals surface area contributed by atoms with Crippen molar-refractivity contribution in [3.05, 3.63) is 65.4 Å². The molecule has 0 bridgehead atoms. The zero-order valence-corrected chi connectivity index (χ0v) is 15.1. The van der Waals surface area contributed by atoms with E-state index in [1.54, 1.807) is 11.0 Å². The highest BCUT2D eigenvalue weighted by Gasteiger charge is 2.31. The number of nitrogens with zero attached hydrogens (tertiary/aromatic N) is 2. The standard InChI is InChI=1S/C21H21FN4O/c1-2-3-4-13-5-8-15(9-6-13)26-12-18(27)19(20(26)23)21-24-16-10-7-14(22)11-17(16)25-21/h5-11,23,27H,2-4,12H2,1H3,(H,24,25). The first-order valence-corrected chi connectivity index (χ1v) is 9.10. The molecule has 0 radical (unpaired) electrons. The number of imidazole rings is 1. The molecule has 0 unspecified atom stereocenters. The van der Waals surface area contributed by atoms with E-state index in [4.69, 9.17) is 5.41 Å². The van der Waals surface area contributed by atoms with Gasteiger partial charge in [0.25, 0.3) is 0 Å². The number of hydrogen-bond donors (Lipinski definition) is 3. The molecule has 138 valence electrons. The molecule has 0 spiro atoms. The number of aliphatic hydroxyl groups excluding tert-OH is 1. The molecule has 5 nitrogen and oxygen atoms in total. The smallest absolute Gasteiger partial charge is 0.145 e. The Hall–Kier alpha value is -3.15. The third kappa shape index (κ3) is 3.18. The van der Waals surface area contributed by atoms with Crippen LogP contribution in [-0.2, 0) is 6.42 Å². The van der Waals surface area contributed by atoms with E-state index in [2.05, 4.69) is 29.0 Å². The fourth-order valence-corrected chi connectivity index (χ4v) is 3.37. The quantitative estimate of drug-likeness (QED) is 0.608. The van der Waals surface area contributed by atoms with Gasteiger partial charge < -0.3 is 15.0 Å². The van der Waals surface area contributed by atoms with E-state index in [1.165, 1.54) is 17.7 Å². The van der Waals surface area contributed by atoms with Gasteiger partial charge in [-0.25, -0.2) is 9.37 Å². The van der Waals surface area contributed by atoms with Crippen LogP contribution in [0.2, 0.25) is 0 Å². The summed E-state index contributed by atoms with van der Waals surface area (Å²) in [7, 11) is 0. The van der Waals surface area contributed by atoms with Gasteiger partial charge in [-0.2, -0.15) is 0 Å². The maximum atomic E-state index is 13.4. The number of amidine groups is 1. The van der Waals surface area contributed by atoms with Crippen molar-refractivity contribution in [1.29, 1.82) is 5.41 Å². The molecule has 0 aliphatic carbocycles. The summed E-state index contributed by atoms with van der Waals surface area (Å²) in [5.74, 6) is 0.269. The van der Waals surface area contributed by atoms with Crippen LogP contribution in [0.4, 0.5) is 10.1 Å². The van der Waals surface area contributed by atoms with Crippen molar-refractivity contribution in [2.45, 2.75) is 26.2 Å². The third-order valence-electron chi connectivity index (χ3n) is 4.85. The Kier molecular flexibility index (Phi) is 4.39. The van der Waals surface area contributed by atoms with Crippen LogP contribution in [-0.4, -0.2) is 27.5 Å². The van der Waals surface area contributed by atoms with Gasteiger partial charge in [0.05, 0.1) is 23.2 Å². The van der Waals surface area contributed by atoms with Gasteiger partial charge in [-0.05, 0) is 48.7 Å². The van der Waals surface area contributed by atoms with E-state index in [0.717, 1.165) is 24.9 Å². The Morgan fingerprint density at radius 3 is 2.74 bits per heavy atom. The summed E-state index contributed by atoms with van der Waals surface area (Å²) in [4.78, 5) is 9.15. The van der Waals surface area contributed by atoms with Crippen LogP contribution >= 0.6 is 0 Å². The number of nitrogens with one attached hydrogen (secondary N) is 2. The van der Waals surface area contributed by atoms with Crippen molar-refractivity contribution < 1.29 is 9.50 Å². The molecule has 27 heavy (non-hydrogen) atoms. The predicted octanol–water partition coefficient (Wildman–Crippen LogP) is 4.81. The summed E-state index contributed by atoms with van der Waals surface area (Å²) < 4.78 is 13.4. The van der Waals surface area contributed by atoms with E-state index >= 15 is 0 Å². The summed E-state index contributed by atoms with van der Waals surface area (Å²) in [6.07, 6.45) is 3.34. The lowest BCUT2D eigenvalue weighted by atomic mass is 10.1. The van der Waals surface area contributed by atoms with Gasteiger partial charge in [0.15, 0.2) is 0 Å². The van der Waals surface area contributed by atoms with E-state index in [-0.39, 0.29) is 24.0 Å². The van der Waals surface area contributed by atoms with Crippen LogP contribution in [0.1, 0.15) is 31.2 Å².